The quantitative estimate of drug-likeness (QED) is 0.465. The number of hydrogen-bond acceptors (Lipinski definition) is 4. The average Bonchev–Trinajstić information content (AvgIpc) is 1.87. The first kappa shape index (κ1) is 13.3. The minimum absolute atomic E-state index is 0. The van der Waals surface area contributed by atoms with Crippen molar-refractivity contribution < 1.29 is 18.1 Å². The van der Waals surface area contributed by atoms with Crippen molar-refractivity contribution in [3.63, 3.8) is 0 Å². The maximum atomic E-state index is 10.7. The fourth-order valence-electron chi connectivity index (χ4n) is 0.224. The van der Waals surface area contributed by atoms with Crippen LogP contribution in [0.1, 0.15) is 0 Å². The van der Waals surface area contributed by atoms with E-state index < -0.39 is 7.82 Å². The van der Waals surface area contributed by atoms with Gasteiger partial charge in [0.25, 0.3) is 0 Å². The Hall–Kier alpha value is 1.75. The summed E-state index contributed by atoms with van der Waals surface area (Å²) in [4.78, 5) is 0. The predicted molar refractivity (Wildman–Crippen MR) is 35.8 cm³/mol. The molecule has 0 aliphatic rings. The molecule has 4 nitrogen and oxygen atoms in total. The van der Waals surface area contributed by atoms with E-state index in [0.717, 1.165) is 0 Å². The molecule has 0 amide bonds. The first-order valence-electron chi connectivity index (χ1n) is 1.96. The Balaban J connectivity index is 0. The molecular formula is C3H10KO4P. The molecule has 0 bridgehead atoms. The van der Waals surface area contributed by atoms with Gasteiger partial charge in [-0.3, -0.25) is 13.6 Å². The van der Waals surface area contributed by atoms with Crippen LogP contribution in [-0.2, 0) is 18.1 Å². The average molecular weight is 180 g/mol. The van der Waals surface area contributed by atoms with Crippen LogP contribution in [0.4, 0.5) is 0 Å². The van der Waals surface area contributed by atoms with Crippen molar-refractivity contribution in [1.82, 2.24) is 0 Å². The molecule has 0 aromatic rings. The van der Waals surface area contributed by atoms with Crippen LogP contribution in [-0.4, -0.2) is 72.7 Å². The van der Waals surface area contributed by atoms with Gasteiger partial charge in [-0.1, -0.05) is 0 Å². The Kier molecular flexibility index (Phi) is 9.57. The summed E-state index contributed by atoms with van der Waals surface area (Å²) in [5.74, 6) is 0. The molecule has 0 aromatic carbocycles. The van der Waals surface area contributed by atoms with E-state index in [1.54, 1.807) is 0 Å². The van der Waals surface area contributed by atoms with E-state index in [9.17, 15) is 4.57 Å². The summed E-state index contributed by atoms with van der Waals surface area (Å²) in [6.45, 7) is 0. The third kappa shape index (κ3) is 5.06. The van der Waals surface area contributed by atoms with Crippen LogP contribution >= 0.6 is 7.82 Å². The van der Waals surface area contributed by atoms with Crippen molar-refractivity contribution in [1.29, 1.82) is 0 Å². The Morgan fingerprint density at radius 1 is 1.00 bits per heavy atom. The van der Waals surface area contributed by atoms with Gasteiger partial charge in [0.2, 0.25) is 0 Å². The van der Waals surface area contributed by atoms with Crippen molar-refractivity contribution in [3.05, 3.63) is 0 Å². The third-order valence-corrected chi connectivity index (χ3v) is 2.01. The zero-order valence-electron chi connectivity index (χ0n) is 5.08. The van der Waals surface area contributed by atoms with Gasteiger partial charge in [0, 0.05) is 21.3 Å². The zero-order valence-corrected chi connectivity index (χ0v) is 5.97. The van der Waals surface area contributed by atoms with Crippen molar-refractivity contribution in [3.8, 4) is 0 Å². The molecule has 0 rings (SSSR count). The summed E-state index contributed by atoms with van der Waals surface area (Å²) in [5.41, 5.74) is 0. The monoisotopic (exact) mass is 180 g/mol. The molecule has 0 saturated carbocycles. The Morgan fingerprint density at radius 2 is 1.22 bits per heavy atom. The Morgan fingerprint density at radius 3 is 1.22 bits per heavy atom. The van der Waals surface area contributed by atoms with E-state index >= 15 is 0 Å². The molecule has 0 fully saturated rings. The van der Waals surface area contributed by atoms with E-state index in [1.807, 2.05) is 0 Å². The molecular weight excluding hydrogens is 170 g/mol. The van der Waals surface area contributed by atoms with Crippen molar-refractivity contribution in [2.75, 3.05) is 21.3 Å². The summed E-state index contributed by atoms with van der Waals surface area (Å²) < 4.78 is 23.7. The molecule has 0 saturated heterocycles. The van der Waals surface area contributed by atoms with E-state index in [4.69, 9.17) is 0 Å². The number of phosphoric acid groups is 1. The van der Waals surface area contributed by atoms with Gasteiger partial charge in [0.05, 0.1) is 0 Å². The number of hydrogen-bond donors (Lipinski definition) is 0. The van der Waals surface area contributed by atoms with Crippen LogP contribution in [0.25, 0.3) is 0 Å². The minimum atomic E-state index is -3.16. The van der Waals surface area contributed by atoms with Gasteiger partial charge >= 0.3 is 59.2 Å². The molecule has 9 heavy (non-hydrogen) atoms. The molecule has 0 atom stereocenters. The molecule has 0 unspecified atom stereocenters. The summed E-state index contributed by atoms with van der Waals surface area (Å²) >= 11 is 0. The summed E-state index contributed by atoms with van der Waals surface area (Å²) in [7, 11) is 0.611. The Bertz CT molecular complexity index is 87.0. The van der Waals surface area contributed by atoms with E-state index in [0.29, 0.717) is 0 Å². The topological polar surface area (TPSA) is 44.8 Å². The third-order valence-electron chi connectivity index (χ3n) is 0.671. The summed E-state index contributed by atoms with van der Waals surface area (Å²) in [6, 6.07) is 0. The second-order valence-electron chi connectivity index (χ2n) is 0.995. The van der Waals surface area contributed by atoms with Gasteiger partial charge < -0.3 is 0 Å². The summed E-state index contributed by atoms with van der Waals surface area (Å²) in [6.07, 6.45) is 0. The predicted octanol–water partition coefficient (Wildman–Crippen LogP) is 0.385. The van der Waals surface area contributed by atoms with E-state index in [-0.39, 0.29) is 51.4 Å². The van der Waals surface area contributed by atoms with Gasteiger partial charge in [-0.15, -0.1) is 0 Å². The standard InChI is InChI=1S/C3H9O4P.K.H/c1-5-8(4,6-2)7-3;;/h1-3H3;;. The van der Waals surface area contributed by atoms with Crippen LogP contribution < -0.4 is 0 Å². The fourth-order valence-corrected chi connectivity index (χ4v) is 0.671. The zero-order chi connectivity index (χ0) is 6.62. The van der Waals surface area contributed by atoms with Crippen LogP contribution in [0.15, 0.2) is 0 Å². The second kappa shape index (κ2) is 6.46. The van der Waals surface area contributed by atoms with Crippen molar-refractivity contribution >= 4 is 59.2 Å². The molecule has 0 N–H and O–H groups in total. The first-order chi connectivity index (χ1) is 3.68. The van der Waals surface area contributed by atoms with E-state index in [1.165, 1.54) is 21.3 Å². The van der Waals surface area contributed by atoms with Crippen LogP contribution in [0.5, 0.6) is 0 Å². The summed E-state index contributed by atoms with van der Waals surface area (Å²) in [5, 5.41) is 0. The van der Waals surface area contributed by atoms with Crippen LogP contribution in [0.2, 0.25) is 0 Å². The normalized spacial score (nSPS) is 10.6. The van der Waals surface area contributed by atoms with Crippen LogP contribution in [0, 0.1) is 0 Å². The molecule has 0 aliphatic carbocycles. The van der Waals surface area contributed by atoms with Gasteiger partial charge in [-0.05, 0) is 0 Å². The van der Waals surface area contributed by atoms with Crippen molar-refractivity contribution in [2.45, 2.75) is 0 Å². The maximum absolute atomic E-state index is 10.7. The van der Waals surface area contributed by atoms with Gasteiger partial charge in [0.1, 0.15) is 0 Å². The van der Waals surface area contributed by atoms with Gasteiger partial charge in [0.15, 0.2) is 0 Å². The fraction of sp³-hybridized carbons (Fsp3) is 1.00. The van der Waals surface area contributed by atoms with Crippen LogP contribution in [0.3, 0.4) is 0 Å². The Labute approximate surface area is 97.3 Å². The molecule has 52 valence electrons. The van der Waals surface area contributed by atoms with E-state index in [2.05, 4.69) is 13.6 Å². The number of phosphoric ester groups is 1. The SMILES string of the molecule is COP(=O)(OC)OC.[KH]. The first-order valence-corrected chi connectivity index (χ1v) is 3.42. The molecule has 0 radical (unpaired) electrons. The molecule has 0 aliphatic heterocycles. The number of rotatable bonds is 3. The van der Waals surface area contributed by atoms with Crippen molar-refractivity contribution in [2.24, 2.45) is 0 Å². The molecule has 0 spiro atoms. The molecule has 0 heterocycles. The van der Waals surface area contributed by atoms with Gasteiger partial charge in [-0.2, -0.15) is 0 Å². The van der Waals surface area contributed by atoms with Gasteiger partial charge in [-0.25, -0.2) is 4.57 Å². The second-order valence-corrected chi connectivity index (χ2v) is 2.98. The molecule has 0 aromatic heterocycles. The molecule has 6 heteroatoms.